The van der Waals surface area contributed by atoms with Gasteiger partial charge in [0.05, 0.1) is 11.3 Å². The summed E-state index contributed by atoms with van der Waals surface area (Å²) in [5.41, 5.74) is 3.00. The highest BCUT2D eigenvalue weighted by Gasteiger charge is 2.12. The molecule has 1 aliphatic rings. The Morgan fingerprint density at radius 3 is 2.93 bits per heavy atom. The maximum atomic E-state index is 8.91. The van der Waals surface area contributed by atoms with E-state index in [2.05, 4.69) is 31.2 Å². The Balaban J connectivity index is 2.13. The molecule has 1 aliphatic carbocycles. The summed E-state index contributed by atoms with van der Waals surface area (Å²) in [5.74, 6) is 0. The van der Waals surface area contributed by atoms with Crippen LogP contribution in [0.5, 0.6) is 0 Å². The number of hydrogen-bond donors (Lipinski definition) is 0. The molecule has 0 amide bonds. The number of rotatable bonds is 3. The van der Waals surface area contributed by atoms with Gasteiger partial charge in [0.25, 0.3) is 0 Å². The van der Waals surface area contributed by atoms with Gasteiger partial charge in [0.2, 0.25) is 0 Å². The van der Waals surface area contributed by atoms with E-state index in [0.29, 0.717) is 0 Å². The van der Waals surface area contributed by atoms with Crippen molar-refractivity contribution in [2.75, 3.05) is 0 Å². The lowest BCUT2D eigenvalue weighted by Crippen LogP contribution is -1.95. The molecule has 15 heavy (non-hydrogen) atoms. The van der Waals surface area contributed by atoms with Crippen molar-refractivity contribution >= 4 is 11.8 Å². The molecule has 78 valence electrons. The van der Waals surface area contributed by atoms with Gasteiger partial charge in [-0.15, -0.1) is 11.8 Å². The minimum atomic E-state index is 0.101. The number of hydrogen-bond acceptors (Lipinski definition) is 2. The maximum absolute atomic E-state index is 8.91. The smallest absolute Gasteiger partial charge is 0.0961 e. The largest absolute Gasteiger partial charge is 0.197 e. The van der Waals surface area contributed by atoms with E-state index in [1.807, 2.05) is 0 Å². The molecule has 0 heterocycles. The Hall–Kier alpha value is -0.940. The zero-order valence-electron chi connectivity index (χ0n) is 8.99. The fourth-order valence-corrected chi connectivity index (χ4v) is 2.89. The summed E-state index contributed by atoms with van der Waals surface area (Å²) < 4.78 is 0. The van der Waals surface area contributed by atoms with E-state index in [1.54, 1.807) is 11.8 Å². The average molecular weight is 217 g/mol. The van der Waals surface area contributed by atoms with Crippen LogP contribution < -0.4 is 0 Å². The van der Waals surface area contributed by atoms with Crippen LogP contribution in [-0.4, -0.2) is 5.25 Å². The first-order valence-electron chi connectivity index (χ1n) is 5.51. The Morgan fingerprint density at radius 1 is 1.40 bits per heavy atom. The van der Waals surface area contributed by atoms with Crippen molar-refractivity contribution in [1.82, 2.24) is 0 Å². The van der Waals surface area contributed by atoms with Crippen LogP contribution in [0.25, 0.3) is 0 Å². The van der Waals surface area contributed by atoms with E-state index in [4.69, 9.17) is 5.26 Å². The van der Waals surface area contributed by atoms with Crippen LogP contribution in [-0.2, 0) is 12.8 Å². The van der Waals surface area contributed by atoms with Crippen molar-refractivity contribution in [3.63, 3.8) is 0 Å². The molecule has 0 N–H and O–H groups in total. The van der Waals surface area contributed by atoms with Crippen molar-refractivity contribution < 1.29 is 0 Å². The van der Waals surface area contributed by atoms with Gasteiger partial charge in [0, 0.05) is 4.90 Å². The Morgan fingerprint density at radius 2 is 2.20 bits per heavy atom. The first-order valence-corrected chi connectivity index (χ1v) is 6.39. The van der Waals surface area contributed by atoms with Gasteiger partial charge in [-0.2, -0.15) is 5.26 Å². The summed E-state index contributed by atoms with van der Waals surface area (Å²) in [5, 5.41) is 9.01. The Labute approximate surface area is 95.5 Å². The van der Waals surface area contributed by atoms with Crippen LogP contribution >= 0.6 is 11.8 Å². The molecule has 1 nitrogen and oxygen atoms in total. The number of benzene rings is 1. The van der Waals surface area contributed by atoms with Crippen molar-refractivity contribution in [1.29, 1.82) is 5.26 Å². The summed E-state index contributed by atoms with van der Waals surface area (Å²) in [6.45, 7) is 2.06. The molecular formula is C13H15NS. The number of fused-ring (bicyclic) bond motifs is 1. The highest BCUT2D eigenvalue weighted by molar-refractivity contribution is 8.00. The normalized spacial score (nSPS) is 15.7. The SMILES string of the molecule is CCC(C#N)Sc1ccc2c(c1)CCC2. The fraction of sp³-hybridized carbons (Fsp3) is 0.462. The molecule has 0 saturated heterocycles. The summed E-state index contributed by atoms with van der Waals surface area (Å²) >= 11 is 1.69. The predicted octanol–water partition coefficient (Wildman–Crippen LogP) is 3.57. The Kier molecular flexibility index (Phi) is 3.33. The highest BCUT2D eigenvalue weighted by atomic mass is 32.2. The molecule has 1 aromatic carbocycles. The van der Waals surface area contributed by atoms with Crippen LogP contribution in [0.1, 0.15) is 30.9 Å². The third kappa shape index (κ3) is 2.35. The Bertz CT molecular complexity index is 392. The minimum Gasteiger partial charge on any atom is -0.197 e. The van der Waals surface area contributed by atoms with Gasteiger partial charge in [-0.05, 0) is 48.9 Å². The lowest BCUT2D eigenvalue weighted by atomic mass is 10.1. The first-order chi connectivity index (χ1) is 7.33. The standard InChI is InChI=1S/C13H15NS/c1-2-12(9-14)15-13-7-6-10-4-3-5-11(10)8-13/h6-8,12H,2-5H2,1H3. The summed E-state index contributed by atoms with van der Waals surface area (Å²) in [6.07, 6.45) is 4.65. The molecule has 0 aromatic heterocycles. The molecular weight excluding hydrogens is 202 g/mol. The maximum Gasteiger partial charge on any atom is 0.0961 e. The van der Waals surface area contributed by atoms with E-state index in [1.165, 1.54) is 35.3 Å². The quantitative estimate of drug-likeness (QED) is 0.723. The zero-order chi connectivity index (χ0) is 10.7. The van der Waals surface area contributed by atoms with Crippen molar-refractivity contribution in [3.05, 3.63) is 29.3 Å². The summed E-state index contributed by atoms with van der Waals surface area (Å²) in [7, 11) is 0. The predicted molar refractivity (Wildman–Crippen MR) is 64.0 cm³/mol. The van der Waals surface area contributed by atoms with Crippen LogP contribution in [0.15, 0.2) is 23.1 Å². The topological polar surface area (TPSA) is 23.8 Å². The lowest BCUT2D eigenvalue weighted by Gasteiger charge is -2.07. The molecule has 0 bridgehead atoms. The van der Waals surface area contributed by atoms with Crippen molar-refractivity contribution in [2.45, 2.75) is 42.8 Å². The van der Waals surface area contributed by atoms with Crippen LogP contribution in [0.3, 0.4) is 0 Å². The third-order valence-electron chi connectivity index (χ3n) is 2.86. The minimum absolute atomic E-state index is 0.101. The molecule has 1 atom stereocenters. The second-order valence-corrected chi connectivity index (χ2v) is 5.20. The van der Waals surface area contributed by atoms with Crippen molar-refractivity contribution in [2.24, 2.45) is 0 Å². The second-order valence-electron chi connectivity index (χ2n) is 3.93. The van der Waals surface area contributed by atoms with E-state index >= 15 is 0 Å². The van der Waals surface area contributed by atoms with E-state index in [-0.39, 0.29) is 5.25 Å². The number of nitrogens with zero attached hydrogens (tertiary/aromatic N) is 1. The first kappa shape index (κ1) is 10.6. The molecule has 0 aliphatic heterocycles. The van der Waals surface area contributed by atoms with E-state index in [9.17, 15) is 0 Å². The number of aryl methyl sites for hydroxylation is 2. The molecule has 0 spiro atoms. The molecule has 0 saturated carbocycles. The molecule has 1 aromatic rings. The molecule has 2 rings (SSSR count). The number of thioether (sulfide) groups is 1. The molecule has 2 heteroatoms. The molecule has 1 unspecified atom stereocenters. The summed E-state index contributed by atoms with van der Waals surface area (Å²) in [6, 6.07) is 8.99. The van der Waals surface area contributed by atoms with Gasteiger partial charge in [0.1, 0.15) is 0 Å². The summed E-state index contributed by atoms with van der Waals surface area (Å²) in [4.78, 5) is 1.25. The van der Waals surface area contributed by atoms with E-state index in [0.717, 1.165) is 6.42 Å². The van der Waals surface area contributed by atoms with E-state index < -0.39 is 0 Å². The lowest BCUT2D eigenvalue weighted by molar-refractivity contribution is 0.911. The zero-order valence-corrected chi connectivity index (χ0v) is 9.81. The molecule has 0 fully saturated rings. The monoisotopic (exact) mass is 217 g/mol. The number of nitriles is 1. The highest BCUT2D eigenvalue weighted by Crippen LogP contribution is 2.30. The van der Waals surface area contributed by atoms with Gasteiger partial charge >= 0.3 is 0 Å². The van der Waals surface area contributed by atoms with Crippen LogP contribution in [0.2, 0.25) is 0 Å². The van der Waals surface area contributed by atoms with Gasteiger partial charge in [-0.1, -0.05) is 13.0 Å². The van der Waals surface area contributed by atoms with Gasteiger partial charge < -0.3 is 0 Å². The van der Waals surface area contributed by atoms with Gasteiger partial charge in [-0.25, -0.2) is 0 Å². The average Bonchev–Trinajstić information content (AvgIpc) is 2.73. The van der Waals surface area contributed by atoms with Gasteiger partial charge in [-0.3, -0.25) is 0 Å². The van der Waals surface area contributed by atoms with Crippen LogP contribution in [0.4, 0.5) is 0 Å². The third-order valence-corrected chi connectivity index (χ3v) is 4.11. The fourth-order valence-electron chi connectivity index (χ4n) is 1.99. The van der Waals surface area contributed by atoms with Crippen LogP contribution in [0, 0.1) is 11.3 Å². The second kappa shape index (κ2) is 4.72. The molecule has 0 radical (unpaired) electrons. The van der Waals surface area contributed by atoms with Crippen molar-refractivity contribution in [3.8, 4) is 6.07 Å². The van der Waals surface area contributed by atoms with Gasteiger partial charge in [0.15, 0.2) is 0 Å².